The molecule has 328 valence electrons. The minimum atomic E-state index is -1.59. The molecule has 10 nitrogen and oxygen atoms in total. The van der Waals surface area contributed by atoms with Crippen LogP contribution in [0.3, 0.4) is 0 Å². The van der Waals surface area contributed by atoms with Crippen LogP contribution in [0.2, 0.25) is 0 Å². The van der Waals surface area contributed by atoms with Gasteiger partial charge in [0, 0.05) is 0 Å². The van der Waals surface area contributed by atoms with Gasteiger partial charge in [0.15, 0.2) is 6.29 Å². The van der Waals surface area contributed by atoms with E-state index in [1.165, 1.54) is 154 Å². The first-order valence-corrected chi connectivity index (χ1v) is 23.3. The Morgan fingerprint density at radius 1 is 0.545 bits per heavy atom. The molecular formula is C45H89NO9. The number of hydrogen-bond acceptors (Lipinski definition) is 9. The summed E-state index contributed by atoms with van der Waals surface area (Å²) in [6.07, 6.45) is 28.6. The molecule has 1 heterocycles. The van der Waals surface area contributed by atoms with Gasteiger partial charge in [-0.3, -0.25) is 4.79 Å². The van der Waals surface area contributed by atoms with Crippen molar-refractivity contribution in [1.82, 2.24) is 5.32 Å². The van der Waals surface area contributed by atoms with E-state index in [-0.39, 0.29) is 6.61 Å². The zero-order chi connectivity index (χ0) is 40.4. The fourth-order valence-corrected chi connectivity index (χ4v) is 7.70. The fraction of sp³-hybridized carbons (Fsp3) is 0.978. The second-order valence-corrected chi connectivity index (χ2v) is 16.7. The number of ether oxygens (including phenoxy) is 2. The Morgan fingerprint density at radius 2 is 0.909 bits per heavy atom. The summed E-state index contributed by atoms with van der Waals surface area (Å²) in [7, 11) is 0. The summed E-state index contributed by atoms with van der Waals surface area (Å²) in [5, 5.41) is 64.8. The van der Waals surface area contributed by atoms with E-state index < -0.39 is 61.5 Å². The molecule has 1 rings (SSSR count). The molecule has 1 saturated heterocycles. The van der Waals surface area contributed by atoms with E-state index in [1.807, 2.05) is 0 Å². The van der Waals surface area contributed by atoms with Crippen LogP contribution in [0, 0.1) is 0 Å². The average molecular weight is 788 g/mol. The van der Waals surface area contributed by atoms with Crippen molar-refractivity contribution in [2.45, 2.75) is 268 Å². The van der Waals surface area contributed by atoms with Crippen LogP contribution in [0.1, 0.15) is 219 Å². The van der Waals surface area contributed by atoms with Crippen LogP contribution >= 0.6 is 0 Å². The van der Waals surface area contributed by atoms with Gasteiger partial charge in [-0.2, -0.15) is 0 Å². The minimum absolute atomic E-state index is 0.250. The number of aliphatic hydroxyl groups is 6. The molecule has 8 atom stereocenters. The highest BCUT2D eigenvalue weighted by molar-refractivity contribution is 5.80. The van der Waals surface area contributed by atoms with Gasteiger partial charge in [-0.25, -0.2) is 0 Å². The number of nitrogens with one attached hydrogen (secondary N) is 1. The molecular weight excluding hydrogens is 698 g/mol. The third kappa shape index (κ3) is 26.7. The zero-order valence-electron chi connectivity index (χ0n) is 35.6. The number of aliphatic hydroxyl groups excluding tert-OH is 6. The Labute approximate surface area is 336 Å². The van der Waals surface area contributed by atoms with Gasteiger partial charge in [-0.1, -0.05) is 206 Å². The molecule has 0 aromatic carbocycles. The highest BCUT2D eigenvalue weighted by Gasteiger charge is 2.44. The SMILES string of the molecule is CCCCCCCCCCCCCCCCCCC(O)C(COC1OC(CO)C(O)C(O)C1O)NC(=O)C(O)CCCCCCCCCCCCCCCC. The maximum absolute atomic E-state index is 13.0. The quantitative estimate of drug-likeness (QED) is 0.0302. The number of carbonyl (C=O) groups is 1. The van der Waals surface area contributed by atoms with Crippen molar-refractivity contribution in [2.75, 3.05) is 13.2 Å². The molecule has 1 fully saturated rings. The average Bonchev–Trinajstić information content (AvgIpc) is 3.18. The Morgan fingerprint density at radius 3 is 1.29 bits per heavy atom. The van der Waals surface area contributed by atoms with Gasteiger partial charge in [0.1, 0.15) is 30.5 Å². The highest BCUT2D eigenvalue weighted by Crippen LogP contribution is 2.23. The molecule has 0 aromatic rings. The number of amides is 1. The van der Waals surface area contributed by atoms with Crippen LogP contribution in [-0.2, 0) is 14.3 Å². The summed E-state index contributed by atoms with van der Waals surface area (Å²) in [4.78, 5) is 13.0. The summed E-state index contributed by atoms with van der Waals surface area (Å²) in [6, 6.07) is -0.887. The lowest BCUT2D eigenvalue weighted by molar-refractivity contribution is -0.302. The largest absolute Gasteiger partial charge is 0.394 e. The summed E-state index contributed by atoms with van der Waals surface area (Å²) in [5.74, 6) is -0.580. The molecule has 1 amide bonds. The van der Waals surface area contributed by atoms with Gasteiger partial charge in [-0.15, -0.1) is 0 Å². The van der Waals surface area contributed by atoms with Crippen molar-refractivity contribution < 1.29 is 44.9 Å². The van der Waals surface area contributed by atoms with Crippen LogP contribution in [0.5, 0.6) is 0 Å². The number of unbranched alkanes of at least 4 members (excludes halogenated alkanes) is 28. The lowest BCUT2D eigenvalue weighted by Crippen LogP contribution is -2.60. The van der Waals surface area contributed by atoms with Gasteiger partial charge in [0.2, 0.25) is 5.91 Å². The maximum Gasteiger partial charge on any atom is 0.249 e. The summed E-state index contributed by atoms with van der Waals surface area (Å²) < 4.78 is 11.2. The van der Waals surface area contributed by atoms with E-state index in [1.54, 1.807) is 0 Å². The van der Waals surface area contributed by atoms with Crippen molar-refractivity contribution in [1.29, 1.82) is 0 Å². The molecule has 8 unspecified atom stereocenters. The second-order valence-electron chi connectivity index (χ2n) is 16.7. The van der Waals surface area contributed by atoms with E-state index in [2.05, 4.69) is 19.2 Å². The molecule has 0 spiro atoms. The third-order valence-electron chi connectivity index (χ3n) is 11.6. The van der Waals surface area contributed by atoms with Crippen LogP contribution in [0.4, 0.5) is 0 Å². The topological polar surface area (TPSA) is 169 Å². The van der Waals surface area contributed by atoms with Crippen molar-refractivity contribution in [3.8, 4) is 0 Å². The van der Waals surface area contributed by atoms with E-state index in [4.69, 9.17) is 9.47 Å². The molecule has 55 heavy (non-hydrogen) atoms. The highest BCUT2D eigenvalue weighted by atomic mass is 16.7. The molecule has 0 bridgehead atoms. The molecule has 1 aliphatic rings. The zero-order valence-corrected chi connectivity index (χ0v) is 35.6. The van der Waals surface area contributed by atoms with E-state index >= 15 is 0 Å². The predicted molar refractivity (Wildman–Crippen MR) is 223 cm³/mol. The van der Waals surface area contributed by atoms with Crippen LogP contribution in [0.25, 0.3) is 0 Å². The lowest BCUT2D eigenvalue weighted by Gasteiger charge is -2.40. The first-order valence-electron chi connectivity index (χ1n) is 23.3. The Hall–Kier alpha value is -0.850. The van der Waals surface area contributed by atoms with E-state index in [0.29, 0.717) is 12.8 Å². The van der Waals surface area contributed by atoms with Gasteiger partial charge >= 0.3 is 0 Å². The lowest BCUT2D eigenvalue weighted by atomic mass is 9.99. The molecule has 10 heteroatoms. The monoisotopic (exact) mass is 788 g/mol. The summed E-state index contributed by atoms with van der Waals surface area (Å²) in [5.41, 5.74) is 0. The number of hydrogen-bond donors (Lipinski definition) is 7. The summed E-state index contributed by atoms with van der Waals surface area (Å²) >= 11 is 0. The predicted octanol–water partition coefficient (Wildman–Crippen LogP) is 8.53. The minimum Gasteiger partial charge on any atom is -0.394 e. The molecule has 0 aromatic heterocycles. The van der Waals surface area contributed by atoms with Crippen LogP contribution < -0.4 is 5.32 Å². The normalized spacial score (nSPS) is 21.8. The first kappa shape index (κ1) is 52.2. The molecule has 7 N–H and O–H groups in total. The Bertz CT molecular complexity index is 849. The Kier molecular flexibility index (Phi) is 34.4. The summed E-state index contributed by atoms with van der Waals surface area (Å²) in [6.45, 7) is 3.68. The smallest absolute Gasteiger partial charge is 0.249 e. The van der Waals surface area contributed by atoms with Crippen molar-refractivity contribution in [2.24, 2.45) is 0 Å². The van der Waals surface area contributed by atoms with Crippen LogP contribution in [-0.4, -0.2) is 98.7 Å². The van der Waals surface area contributed by atoms with E-state index in [9.17, 15) is 35.4 Å². The van der Waals surface area contributed by atoms with Gasteiger partial charge in [-0.05, 0) is 12.8 Å². The second kappa shape index (κ2) is 36.2. The van der Waals surface area contributed by atoms with Crippen LogP contribution in [0.15, 0.2) is 0 Å². The van der Waals surface area contributed by atoms with Crippen molar-refractivity contribution in [3.63, 3.8) is 0 Å². The van der Waals surface area contributed by atoms with Crippen molar-refractivity contribution in [3.05, 3.63) is 0 Å². The van der Waals surface area contributed by atoms with Gasteiger partial charge < -0.3 is 45.4 Å². The number of carbonyl (C=O) groups excluding carboxylic acids is 1. The standard InChI is InChI=1S/C45H89NO9/c1-3-5-7-9-11-13-15-17-19-20-22-23-25-27-29-31-33-38(48)37(36-54-45-43(52)42(51)41(50)40(35-47)55-45)46-44(53)39(49)34-32-30-28-26-24-21-18-16-14-12-10-8-6-4-2/h37-43,45,47-52H,3-36H2,1-2H3,(H,46,53). The Balaban J connectivity index is 2.38. The van der Waals surface area contributed by atoms with E-state index in [0.717, 1.165) is 38.5 Å². The van der Waals surface area contributed by atoms with Gasteiger partial charge in [0.05, 0.1) is 25.4 Å². The fourth-order valence-electron chi connectivity index (χ4n) is 7.70. The third-order valence-corrected chi connectivity index (χ3v) is 11.6. The van der Waals surface area contributed by atoms with Crippen molar-refractivity contribution >= 4 is 5.91 Å². The van der Waals surface area contributed by atoms with Gasteiger partial charge in [0.25, 0.3) is 0 Å². The molecule has 1 aliphatic heterocycles. The first-order chi connectivity index (χ1) is 26.8. The molecule has 0 aliphatic carbocycles. The molecule has 0 saturated carbocycles. The number of rotatable bonds is 39. The maximum atomic E-state index is 13.0. The molecule has 0 radical (unpaired) electrons.